The fourth-order valence-corrected chi connectivity index (χ4v) is 2.67. The molecule has 114 valence electrons. The standard InChI is InChI=1S/C15H19N3O2.ClH/c16-12-6-9-18(10-12)14(20)15(7-8-15)17-13(19)11-4-2-1-3-5-11;/h1-5,12H,6-10,16H2,(H,17,19);1H/t12-;/m0./s1. The van der Waals surface area contributed by atoms with Gasteiger partial charge in [0.2, 0.25) is 5.91 Å². The Hall–Kier alpha value is -1.59. The Morgan fingerprint density at radius 1 is 1.24 bits per heavy atom. The van der Waals surface area contributed by atoms with Crippen LogP contribution in [0, 0.1) is 0 Å². The van der Waals surface area contributed by atoms with Crippen LogP contribution in [0.5, 0.6) is 0 Å². The molecule has 2 fully saturated rings. The van der Waals surface area contributed by atoms with E-state index >= 15 is 0 Å². The minimum absolute atomic E-state index is 0. The zero-order chi connectivity index (χ0) is 14.2. The highest BCUT2D eigenvalue weighted by atomic mass is 35.5. The highest BCUT2D eigenvalue weighted by molar-refractivity contribution is 6.00. The topological polar surface area (TPSA) is 75.4 Å². The Morgan fingerprint density at radius 2 is 1.90 bits per heavy atom. The first-order chi connectivity index (χ1) is 9.61. The number of halogens is 1. The Bertz CT molecular complexity index is 531. The first-order valence-electron chi connectivity index (χ1n) is 7.03. The summed E-state index contributed by atoms with van der Waals surface area (Å²) in [4.78, 5) is 26.5. The number of nitrogens with one attached hydrogen (secondary N) is 1. The molecule has 1 saturated heterocycles. The fourth-order valence-electron chi connectivity index (χ4n) is 2.67. The van der Waals surface area contributed by atoms with Crippen molar-refractivity contribution < 1.29 is 9.59 Å². The molecule has 0 aromatic heterocycles. The molecule has 1 aromatic carbocycles. The molecule has 1 aliphatic carbocycles. The molecule has 1 atom stereocenters. The van der Waals surface area contributed by atoms with Crippen molar-refractivity contribution in [3.05, 3.63) is 35.9 Å². The van der Waals surface area contributed by atoms with E-state index in [1.807, 2.05) is 18.2 Å². The van der Waals surface area contributed by atoms with Crippen molar-refractivity contribution in [2.24, 2.45) is 5.73 Å². The van der Waals surface area contributed by atoms with Crippen molar-refractivity contribution in [2.45, 2.75) is 30.8 Å². The molecule has 3 rings (SSSR count). The maximum Gasteiger partial charge on any atom is 0.252 e. The molecule has 0 unspecified atom stereocenters. The molecule has 1 heterocycles. The van der Waals surface area contributed by atoms with Gasteiger partial charge in [-0.05, 0) is 31.4 Å². The maximum absolute atomic E-state index is 12.5. The predicted molar refractivity (Wildman–Crippen MR) is 82.3 cm³/mol. The fraction of sp³-hybridized carbons (Fsp3) is 0.467. The van der Waals surface area contributed by atoms with Gasteiger partial charge in [0.1, 0.15) is 5.54 Å². The van der Waals surface area contributed by atoms with Crippen LogP contribution in [0.2, 0.25) is 0 Å². The third kappa shape index (κ3) is 3.19. The highest BCUT2D eigenvalue weighted by Crippen LogP contribution is 2.38. The Kier molecular flexibility index (Phi) is 4.54. The Balaban J connectivity index is 0.00000161. The molecular weight excluding hydrogens is 290 g/mol. The van der Waals surface area contributed by atoms with E-state index in [9.17, 15) is 9.59 Å². The number of amides is 2. The number of likely N-dealkylation sites (tertiary alicyclic amines) is 1. The van der Waals surface area contributed by atoms with Crippen LogP contribution in [0.15, 0.2) is 30.3 Å². The number of benzene rings is 1. The van der Waals surface area contributed by atoms with E-state index in [2.05, 4.69) is 5.32 Å². The number of carbonyl (C=O) groups excluding carboxylic acids is 2. The molecule has 0 spiro atoms. The molecule has 2 amide bonds. The van der Waals surface area contributed by atoms with Gasteiger partial charge in [-0.1, -0.05) is 18.2 Å². The van der Waals surface area contributed by atoms with Crippen LogP contribution in [-0.2, 0) is 4.79 Å². The van der Waals surface area contributed by atoms with Crippen molar-refractivity contribution in [3.63, 3.8) is 0 Å². The highest BCUT2D eigenvalue weighted by Gasteiger charge is 2.53. The summed E-state index contributed by atoms with van der Waals surface area (Å²) in [7, 11) is 0. The Labute approximate surface area is 130 Å². The average molecular weight is 310 g/mol. The van der Waals surface area contributed by atoms with Gasteiger partial charge in [-0.2, -0.15) is 0 Å². The summed E-state index contributed by atoms with van der Waals surface area (Å²) in [6.45, 7) is 1.30. The first-order valence-corrected chi connectivity index (χ1v) is 7.03. The number of nitrogens with two attached hydrogens (primary N) is 1. The predicted octanol–water partition coefficient (Wildman–Crippen LogP) is 0.930. The molecule has 0 radical (unpaired) electrons. The van der Waals surface area contributed by atoms with Crippen LogP contribution in [0.4, 0.5) is 0 Å². The lowest BCUT2D eigenvalue weighted by molar-refractivity contribution is -0.133. The van der Waals surface area contributed by atoms with Crippen LogP contribution in [0.25, 0.3) is 0 Å². The second kappa shape index (κ2) is 6.03. The smallest absolute Gasteiger partial charge is 0.252 e. The molecule has 6 heteroatoms. The van der Waals surface area contributed by atoms with E-state index in [0.717, 1.165) is 19.3 Å². The quantitative estimate of drug-likeness (QED) is 0.872. The third-order valence-electron chi connectivity index (χ3n) is 4.06. The van der Waals surface area contributed by atoms with Gasteiger partial charge in [-0.3, -0.25) is 9.59 Å². The van der Waals surface area contributed by atoms with Gasteiger partial charge in [-0.25, -0.2) is 0 Å². The average Bonchev–Trinajstić information content (AvgIpc) is 3.12. The van der Waals surface area contributed by atoms with Gasteiger partial charge in [0, 0.05) is 24.7 Å². The normalized spacial score (nSPS) is 22.3. The van der Waals surface area contributed by atoms with Gasteiger partial charge >= 0.3 is 0 Å². The summed E-state index contributed by atoms with van der Waals surface area (Å²) in [5.74, 6) is -0.158. The summed E-state index contributed by atoms with van der Waals surface area (Å²) in [6.07, 6.45) is 2.28. The van der Waals surface area contributed by atoms with Crippen molar-refractivity contribution in [3.8, 4) is 0 Å². The van der Waals surface area contributed by atoms with E-state index in [1.54, 1.807) is 17.0 Å². The van der Waals surface area contributed by atoms with Gasteiger partial charge in [0.15, 0.2) is 0 Å². The van der Waals surface area contributed by atoms with Crippen LogP contribution in [-0.4, -0.2) is 41.4 Å². The molecule has 1 saturated carbocycles. The molecule has 1 aromatic rings. The second-order valence-electron chi connectivity index (χ2n) is 5.70. The molecule has 1 aliphatic heterocycles. The molecule has 3 N–H and O–H groups in total. The monoisotopic (exact) mass is 309 g/mol. The summed E-state index contributed by atoms with van der Waals surface area (Å²) >= 11 is 0. The second-order valence-corrected chi connectivity index (χ2v) is 5.70. The maximum atomic E-state index is 12.5. The van der Waals surface area contributed by atoms with Crippen molar-refractivity contribution in [2.75, 3.05) is 13.1 Å². The van der Waals surface area contributed by atoms with Gasteiger partial charge < -0.3 is 16.0 Å². The SMILES string of the molecule is Cl.N[C@H]1CCN(C(=O)C2(NC(=O)c3ccccc3)CC2)C1. The van der Waals surface area contributed by atoms with Crippen LogP contribution < -0.4 is 11.1 Å². The van der Waals surface area contributed by atoms with Gasteiger partial charge in [-0.15, -0.1) is 12.4 Å². The van der Waals surface area contributed by atoms with Gasteiger partial charge in [0.05, 0.1) is 0 Å². The van der Waals surface area contributed by atoms with Crippen LogP contribution in [0.3, 0.4) is 0 Å². The number of rotatable bonds is 3. The molecular formula is C15H20ClN3O2. The summed E-state index contributed by atoms with van der Waals surface area (Å²) in [5.41, 5.74) is 5.74. The first kappa shape index (κ1) is 15.8. The van der Waals surface area contributed by atoms with E-state index in [0.29, 0.717) is 18.7 Å². The summed E-state index contributed by atoms with van der Waals surface area (Å²) in [6, 6.07) is 9.06. The number of carbonyl (C=O) groups is 2. The Morgan fingerprint density at radius 3 is 2.43 bits per heavy atom. The lowest BCUT2D eigenvalue weighted by Gasteiger charge is -2.24. The van der Waals surface area contributed by atoms with Crippen molar-refractivity contribution in [1.82, 2.24) is 10.2 Å². The minimum atomic E-state index is -0.684. The zero-order valence-corrected chi connectivity index (χ0v) is 12.6. The zero-order valence-electron chi connectivity index (χ0n) is 11.7. The number of nitrogens with zero attached hydrogens (tertiary/aromatic N) is 1. The molecule has 5 nitrogen and oxygen atoms in total. The van der Waals surface area contributed by atoms with E-state index < -0.39 is 5.54 Å². The summed E-state index contributed by atoms with van der Waals surface area (Å²) in [5, 5.41) is 2.90. The largest absolute Gasteiger partial charge is 0.339 e. The lowest BCUT2D eigenvalue weighted by Crippen LogP contribution is -2.50. The number of hydrogen-bond acceptors (Lipinski definition) is 3. The van der Waals surface area contributed by atoms with Crippen molar-refractivity contribution in [1.29, 1.82) is 0 Å². The van der Waals surface area contributed by atoms with Gasteiger partial charge in [0.25, 0.3) is 5.91 Å². The van der Waals surface area contributed by atoms with E-state index in [1.165, 1.54) is 0 Å². The molecule has 21 heavy (non-hydrogen) atoms. The van der Waals surface area contributed by atoms with Crippen molar-refractivity contribution >= 4 is 24.2 Å². The molecule has 0 bridgehead atoms. The third-order valence-corrected chi connectivity index (χ3v) is 4.06. The van der Waals surface area contributed by atoms with Crippen LogP contribution >= 0.6 is 12.4 Å². The minimum Gasteiger partial charge on any atom is -0.339 e. The van der Waals surface area contributed by atoms with E-state index in [-0.39, 0.29) is 30.3 Å². The summed E-state index contributed by atoms with van der Waals surface area (Å²) < 4.78 is 0. The van der Waals surface area contributed by atoms with Crippen LogP contribution in [0.1, 0.15) is 29.6 Å². The number of hydrogen-bond donors (Lipinski definition) is 2. The lowest BCUT2D eigenvalue weighted by atomic mass is 10.1. The van der Waals surface area contributed by atoms with E-state index in [4.69, 9.17) is 5.73 Å². The molecule has 2 aliphatic rings.